The number of urea groups is 1. The van der Waals surface area contributed by atoms with Crippen molar-refractivity contribution in [3.8, 4) is 0 Å². The van der Waals surface area contributed by atoms with Crippen molar-refractivity contribution in [1.29, 1.82) is 0 Å². The molecule has 0 unspecified atom stereocenters. The number of hydroxylamine groups is 1. The lowest BCUT2D eigenvalue weighted by atomic mass is 9.90. The third kappa shape index (κ3) is 8.93. The fraction of sp³-hybridized carbons (Fsp3) is 0.531. The number of carbonyl (C=O) groups excluding carboxylic acids is 3. The van der Waals surface area contributed by atoms with Crippen LogP contribution < -0.4 is 15.7 Å². The van der Waals surface area contributed by atoms with Crippen molar-refractivity contribution >= 4 is 40.8 Å². The van der Waals surface area contributed by atoms with Gasteiger partial charge in [-0.2, -0.15) is 0 Å². The van der Waals surface area contributed by atoms with Gasteiger partial charge in [0.1, 0.15) is 0 Å². The standard InChI is InChI=1S/C32H44ClN5O4/c1-23-5-10-29(22-30(23)33)38(31(40)27-13-19-37(20-14-27)24(2)39)16-4-15-36-17-11-26(12-18-36)21-25-6-8-28(9-7-25)34-32(41)35-42-3/h5-10,22,26-27H,4,11-21H2,1-3H3,(H2,34,35,41). The largest absolute Gasteiger partial charge is 0.343 e. The lowest BCUT2D eigenvalue weighted by molar-refractivity contribution is -0.133. The van der Waals surface area contributed by atoms with Crippen molar-refractivity contribution in [3.63, 3.8) is 0 Å². The monoisotopic (exact) mass is 597 g/mol. The Bertz CT molecular complexity index is 1210. The molecular weight excluding hydrogens is 554 g/mol. The Kier molecular flexibility index (Phi) is 11.6. The predicted octanol–water partition coefficient (Wildman–Crippen LogP) is 5.27. The summed E-state index contributed by atoms with van der Waals surface area (Å²) in [4.78, 5) is 48.0. The van der Waals surface area contributed by atoms with Crippen LogP contribution in [0, 0.1) is 18.8 Å². The van der Waals surface area contributed by atoms with Crippen molar-refractivity contribution in [1.82, 2.24) is 15.3 Å². The minimum absolute atomic E-state index is 0.0752. The van der Waals surface area contributed by atoms with Crippen LogP contribution in [0.3, 0.4) is 0 Å². The van der Waals surface area contributed by atoms with Crippen molar-refractivity contribution in [2.45, 2.75) is 52.4 Å². The molecule has 9 nitrogen and oxygen atoms in total. The van der Waals surface area contributed by atoms with E-state index in [1.807, 2.05) is 47.1 Å². The van der Waals surface area contributed by atoms with Crippen molar-refractivity contribution in [2.24, 2.45) is 11.8 Å². The number of nitrogens with zero attached hydrogens (tertiary/aromatic N) is 3. The minimum Gasteiger partial charge on any atom is -0.343 e. The number of nitrogens with one attached hydrogen (secondary N) is 2. The molecule has 42 heavy (non-hydrogen) atoms. The smallest absolute Gasteiger partial charge is 0.343 e. The number of hydrogen-bond donors (Lipinski definition) is 2. The zero-order valence-corrected chi connectivity index (χ0v) is 25.8. The first-order valence-electron chi connectivity index (χ1n) is 15.0. The fourth-order valence-corrected chi connectivity index (χ4v) is 6.13. The number of benzene rings is 2. The second-order valence-corrected chi connectivity index (χ2v) is 11.9. The van der Waals surface area contributed by atoms with Gasteiger partial charge in [0.2, 0.25) is 11.8 Å². The summed E-state index contributed by atoms with van der Waals surface area (Å²) >= 11 is 6.45. The van der Waals surface area contributed by atoms with E-state index in [1.54, 1.807) is 6.92 Å². The Morgan fingerprint density at radius 3 is 2.31 bits per heavy atom. The molecule has 2 heterocycles. The van der Waals surface area contributed by atoms with Gasteiger partial charge in [0, 0.05) is 48.9 Å². The highest BCUT2D eigenvalue weighted by molar-refractivity contribution is 6.31. The molecule has 2 aliphatic heterocycles. The number of hydrogen-bond acceptors (Lipinski definition) is 5. The first-order chi connectivity index (χ1) is 20.2. The minimum atomic E-state index is -0.400. The molecule has 0 atom stereocenters. The van der Waals surface area contributed by atoms with Crippen LogP contribution in [0.4, 0.5) is 16.2 Å². The number of anilines is 2. The van der Waals surface area contributed by atoms with E-state index in [2.05, 4.69) is 32.7 Å². The highest BCUT2D eigenvalue weighted by Gasteiger charge is 2.30. The average molecular weight is 598 g/mol. The third-order valence-electron chi connectivity index (χ3n) is 8.52. The SMILES string of the molecule is CONC(=O)Nc1ccc(CC2CCN(CCCN(C(=O)C3CCN(C(C)=O)CC3)c3ccc(C)c(Cl)c3)CC2)cc1. The van der Waals surface area contributed by atoms with Crippen LogP contribution in [-0.2, 0) is 20.8 Å². The molecule has 0 aliphatic carbocycles. The second kappa shape index (κ2) is 15.4. The maximum atomic E-state index is 13.7. The Labute approximate surface area is 254 Å². The molecule has 228 valence electrons. The zero-order chi connectivity index (χ0) is 30.1. The van der Waals surface area contributed by atoms with Gasteiger partial charge in [0.25, 0.3) is 0 Å². The van der Waals surface area contributed by atoms with E-state index >= 15 is 0 Å². The van der Waals surface area contributed by atoms with Crippen molar-refractivity contribution in [2.75, 3.05) is 56.6 Å². The van der Waals surface area contributed by atoms with Crippen LogP contribution in [0.5, 0.6) is 0 Å². The third-order valence-corrected chi connectivity index (χ3v) is 8.92. The quantitative estimate of drug-likeness (QED) is 0.364. The van der Waals surface area contributed by atoms with Gasteiger partial charge < -0.3 is 20.0 Å². The number of halogens is 1. The molecule has 4 amide bonds. The molecular formula is C32H44ClN5O4. The lowest BCUT2D eigenvalue weighted by Crippen LogP contribution is -2.45. The van der Waals surface area contributed by atoms with Gasteiger partial charge in [-0.25, -0.2) is 10.3 Å². The summed E-state index contributed by atoms with van der Waals surface area (Å²) in [5.41, 5.74) is 6.09. The highest BCUT2D eigenvalue weighted by Crippen LogP contribution is 2.28. The molecule has 4 rings (SSSR count). The maximum absolute atomic E-state index is 13.7. The molecule has 10 heteroatoms. The molecule has 2 aromatic rings. The average Bonchev–Trinajstić information content (AvgIpc) is 2.98. The summed E-state index contributed by atoms with van der Waals surface area (Å²) in [6.07, 6.45) is 5.59. The molecule has 2 saturated heterocycles. The predicted molar refractivity (Wildman–Crippen MR) is 167 cm³/mol. The topological polar surface area (TPSA) is 94.2 Å². The summed E-state index contributed by atoms with van der Waals surface area (Å²) in [7, 11) is 1.40. The van der Waals surface area contributed by atoms with Gasteiger partial charge in [-0.1, -0.05) is 29.8 Å². The normalized spacial score (nSPS) is 16.7. The molecule has 0 bridgehead atoms. The first kappa shape index (κ1) is 31.8. The summed E-state index contributed by atoms with van der Waals surface area (Å²) in [6, 6.07) is 13.4. The summed E-state index contributed by atoms with van der Waals surface area (Å²) in [6.45, 7) is 8.53. The molecule has 0 spiro atoms. The number of likely N-dealkylation sites (tertiary alicyclic amines) is 2. The van der Waals surface area contributed by atoms with Gasteiger partial charge >= 0.3 is 6.03 Å². The molecule has 2 fully saturated rings. The highest BCUT2D eigenvalue weighted by atomic mass is 35.5. The van der Waals surface area contributed by atoms with Gasteiger partial charge in [0.15, 0.2) is 0 Å². The first-order valence-corrected chi connectivity index (χ1v) is 15.4. The Hall–Kier alpha value is -3.14. The molecule has 2 aromatic carbocycles. The van der Waals surface area contributed by atoms with Gasteiger partial charge in [0.05, 0.1) is 7.11 Å². The molecule has 0 saturated carbocycles. The molecule has 0 aromatic heterocycles. The fourth-order valence-electron chi connectivity index (χ4n) is 5.95. The van der Waals surface area contributed by atoms with E-state index in [9.17, 15) is 14.4 Å². The number of piperidine rings is 2. The van der Waals surface area contributed by atoms with Crippen LogP contribution in [-0.4, -0.2) is 74.0 Å². The molecule has 0 radical (unpaired) electrons. The van der Waals surface area contributed by atoms with Crippen molar-refractivity contribution in [3.05, 3.63) is 58.6 Å². The van der Waals surface area contributed by atoms with Gasteiger partial charge in [-0.15, -0.1) is 0 Å². The van der Waals surface area contributed by atoms with E-state index < -0.39 is 6.03 Å². The van der Waals surface area contributed by atoms with Crippen LogP contribution in [0.15, 0.2) is 42.5 Å². The van der Waals surface area contributed by atoms with Crippen LogP contribution in [0.2, 0.25) is 5.02 Å². The van der Waals surface area contributed by atoms with Crippen molar-refractivity contribution < 1.29 is 19.2 Å². The lowest BCUT2D eigenvalue weighted by Gasteiger charge is -2.35. The molecule has 2 N–H and O–H groups in total. The summed E-state index contributed by atoms with van der Waals surface area (Å²) in [5, 5.41) is 3.39. The van der Waals surface area contributed by atoms with E-state index in [-0.39, 0.29) is 17.7 Å². The van der Waals surface area contributed by atoms with Crippen LogP contribution in [0.1, 0.15) is 50.2 Å². The molecule has 2 aliphatic rings. The maximum Gasteiger partial charge on any atom is 0.343 e. The second-order valence-electron chi connectivity index (χ2n) is 11.5. The Morgan fingerprint density at radius 2 is 1.69 bits per heavy atom. The van der Waals surface area contributed by atoms with Gasteiger partial charge in [-0.3, -0.25) is 14.4 Å². The van der Waals surface area contributed by atoms with Gasteiger partial charge in [-0.05, 0) is 106 Å². The zero-order valence-electron chi connectivity index (χ0n) is 25.0. The summed E-state index contributed by atoms with van der Waals surface area (Å²) < 4.78 is 0. The van der Waals surface area contributed by atoms with E-state index in [1.165, 1.54) is 12.7 Å². The number of aryl methyl sites for hydroxylation is 1. The Morgan fingerprint density at radius 1 is 1.00 bits per heavy atom. The Balaban J connectivity index is 1.26. The van der Waals surface area contributed by atoms with E-state index in [0.29, 0.717) is 43.4 Å². The number of carbonyl (C=O) groups is 3. The summed E-state index contributed by atoms with van der Waals surface area (Å²) in [5.74, 6) is 0.762. The van der Waals surface area contributed by atoms with Crippen LogP contribution in [0.25, 0.3) is 0 Å². The number of rotatable bonds is 10. The van der Waals surface area contributed by atoms with E-state index in [4.69, 9.17) is 11.6 Å². The number of amides is 4. The van der Waals surface area contributed by atoms with Crippen LogP contribution >= 0.6 is 11.6 Å². The van der Waals surface area contributed by atoms with E-state index in [0.717, 1.165) is 62.3 Å².